The molecule has 1 heterocycles. The first-order chi connectivity index (χ1) is 9.94. The van der Waals surface area contributed by atoms with Gasteiger partial charge in [0.25, 0.3) is 10.0 Å². The van der Waals surface area contributed by atoms with Gasteiger partial charge in [0.05, 0.1) is 5.69 Å². The Balaban J connectivity index is 2.22. The van der Waals surface area contributed by atoms with E-state index in [4.69, 9.17) is 0 Å². The molecular formula is C14H17FN2O2S2. The number of anilines is 1. The summed E-state index contributed by atoms with van der Waals surface area (Å²) in [5, 5.41) is 3.02. The maximum atomic E-state index is 13.5. The third-order valence-corrected chi connectivity index (χ3v) is 6.04. The maximum absolute atomic E-state index is 13.5. The average Bonchev–Trinajstić information content (AvgIpc) is 2.91. The molecule has 1 aromatic heterocycles. The Labute approximate surface area is 128 Å². The van der Waals surface area contributed by atoms with Gasteiger partial charge in [-0.3, -0.25) is 4.72 Å². The van der Waals surface area contributed by atoms with Crippen molar-refractivity contribution in [3.05, 3.63) is 46.6 Å². The Kier molecular flexibility index (Phi) is 4.97. The lowest BCUT2D eigenvalue weighted by Gasteiger charge is -2.09. The molecule has 0 saturated heterocycles. The highest BCUT2D eigenvalue weighted by Gasteiger charge is 2.18. The highest BCUT2D eigenvalue weighted by Crippen LogP contribution is 2.26. The summed E-state index contributed by atoms with van der Waals surface area (Å²) in [6.45, 7) is 2.33. The second-order valence-electron chi connectivity index (χ2n) is 4.59. The Morgan fingerprint density at radius 3 is 2.71 bits per heavy atom. The summed E-state index contributed by atoms with van der Waals surface area (Å²) in [7, 11) is -1.83. The van der Waals surface area contributed by atoms with Crippen molar-refractivity contribution < 1.29 is 12.8 Å². The van der Waals surface area contributed by atoms with E-state index in [1.54, 1.807) is 25.1 Å². The minimum Gasteiger partial charge on any atom is -0.319 e. The predicted molar refractivity (Wildman–Crippen MR) is 83.9 cm³/mol. The first kappa shape index (κ1) is 15.9. The van der Waals surface area contributed by atoms with E-state index in [2.05, 4.69) is 10.0 Å². The van der Waals surface area contributed by atoms with E-state index in [1.165, 1.54) is 23.5 Å². The summed E-state index contributed by atoms with van der Waals surface area (Å²) in [6.07, 6.45) is 0.773. The largest absolute Gasteiger partial charge is 0.319 e. The third kappa shape index (κ3) is 3.81. The zero-order chi connectivity index (χ0) is 15.5. The van der Waals surface area contributed by atoms with E-state index >= 15 is 0 Å². The van der Waals surface area contributed by atoms with Crippen LogP contribution in [0.4, 0.5) is 10.1 Å². The number of rotatable bonds is 6. The van der Waals surface area contributed by atoms with Crippen LogP contribution in [0, 0.1) is 12.7 Å². The molecule has 0 atom stereocenters. The van der Waals surface area contributed by atoms with Gasteiger partial charge in [-0.05, 0) is 51.2 Å². The van der Waals surface area contributed by atoms with Gasteiger partial charge < -0.3 is 5.32 Å². The molecule has 0 unspecified atom stereocenters. The van der Waals surface area contributed by atoms with Crippen LogP contribution in [0.3, 0.4) is 0 Å². The highest BCUT2D eigenvalue weighted by atomic mass is 32.2. The first-order valence-electron chi connectivity index (χ1n) is 6.45. The number of benzene rings is 1. The highest BCUT2D eigenvalue weighted by molar-refractivity contribution is 7.94. The minimum atomic E-state index is -3.68. The van der Waals surface area contributed by atoms with Crippen LogP contribution in [-0.4, -0.2) is 22.0 Å². The second kappa shape index (κ2) is 6.55. The normalized spacial score (nSPS) is 11.6. The van der Waals surface area contributed by atoms with Crippen molar-refractivity contribution in [3.63, 3.8) is 0 Å². The van der Waals surface area contributed by atoms with Crippen LogP contribution >= 0.6 is 11.3 Å². The van der Waals surface area contributed by atoms with Crippen molar-refractivity contribution in [1.29, 1.82) is 0 Å². The van der Waals surface area contributed by atoms with Crippen molar-refractivity contribution in [1.82, 2.24) is 5.32 Å². The number of halogens is 1. The summed E-state index contributed by atoms with van der Waals surface area (Å²) in [6, 6.07) is 7.70. The van der Waals surface area contributed by atoms with Gasteiger partial charge in [0.15, 0.2) is 0 Å². The van der Waals surface area contributed by atoms with Gasteiger partial charge in [0, 0.05) is 10.4 Å². The van der Waals surface area contributed by atoms with Crippen LogP contribution in [0.2, 0.25) is 0 Å². The zero-order valence-electron chi connectivity index (χ0n) is 11.8. The standard InChI is InChI=1S/C14H17FN2O2S2/c1-10-12(15)4-3-5-13(10)17-21(18,19)14-7-6-11(20-14)8-9-16-2/h3-7,16-17H,8-9H2,1-2H3. The molecule has 2 N–H and O–H groups in total. The van der Waals surface area contributed by atoms with Crippen LogP contribution in [-0.2, 0) is 16.4 Å². The summed E-state index contributed by atoms with van der Waals surface area (Å²) >= 11 is 1.22. The smallest absolute Gasteiger partial charge is 0.271 e. The lowest BCUT2D eigenvalue weighted by Crippen LogP contribution is -2.12. The molecule has 7 heteroatoms. The summed E-state index contributed by atoms with van der Waals surface area (Å²) in [5.74, 6) is -0.434. The van der Waals surface area contributed by atoms with Gasteiger partial charge in [-0.15, -0.1) is 11.3 Å². The molecule has 0 saturated carbocycles. The molecule has 0 aliphatic heterocycles. The number of likely N-dealkylation sites (N-methyl/N-ethyl adjacent to an activating group) is 1. The Morgan fingerprint density at radius 1 is 1.24 bits per heavy atom. The molecule has 21 heavy (non-hydrogen) atoms. The fourth-order valence-electron chi connectivity index (χ4n) is 1.80. The topological polar surface area (TPSA) is 58.2 Å². The number of thiophene rings is 1. The first-order valence-corrected chi connectivity index (χ1v) is 8.75. The van der Waals surface area contributed by atoms with Crippen LogP contribution in [0.1, 0.15) is 10.4 Å². The molecule has 0 radical (unpaired) electrons. The van der Waals surface area contributed by atoms with Crippen molar-refractivity contribution in [2.24, 2.45) is 0 Å². The molecule has 0 spiro atoms. The summed E-state index contributed by atoms with van der Waals surface area (Å²) in [5.41, 5.74) is 0.549. The van der Waals surface area contributed by atoms with Crippen molar-refractivity contribution in [3.8, 4) is 0 Å². The lowest BCUT2D eigenvalue weighted by molar-refractivity contribution is 0.602. The van der Waals surface area contributed by atoms with Crippen molar-refractivity contribution in [2.75, 3.05) is 18.3 Å². The minimum absolute atomic E-state index is 0.234. The van der Waals surface area contributed by atoms with Crippen LogP contribution in [0.25, 0.3) is 0 Å². The molecule has 114 valence electrons. The van der Waals surface area contributed by atoms with E-state index in [1.807, 2.05) is 7.05 Å². The monoisotopic (exact) mass is 328 g/mol. The Hall–Kier alpha value is -1.44. The fraction of sp³-hybridized carbons (Fsp3) is 0.286. The number of sulfonamides is 1. The molecule has 0 amide bonds. The quantitative estimate of drug-likeness (QED) is 0.857. The van der Waals surface area contributed by atoms with Crippen LogP contribution < -0.4 is 10.0 Å². The molecule has 0 aliphatic rings. The summed E-state index contributed by atoms with van der Waals surface area (Å²) in [4.78, 5) is 0.987. The second-order valence-corrected chi connectivity index (χ2v) is 7.67. The number of hydrogen-bond acceptors (Lipinski definition) is 4. The van der Waals surface area contributed by atoms with E-state index < -0.39 is 15.8 Å². The molecule has 0 fully saturated rings. The van der Waals surface area contributed by atoms with E-state index in [0.717, 1.165) is 17.8 Å². The molecule has 4 nitrogen and oxygen atoms in total. The Morgan fingerprint density at radius 2 is 2.00 bits per heavy atom. The van der Waals surface area contributed by atoms with Gasteiger partial charge in [-0.2, -0.15) is 0 Å². The lowest BCUT2D eigenvalue weighted by atomic mass is 10.2. The van der Waals surface area contributed by atoms with Gasteiger partial charge in [0.2, 0.25) is 0 Å². The zero-order valence-corrected chi connectivity index (χ0v) is 13.4. The molecule has 1 aromatic carbocycles. The van der Waals surface area contributed by atoms with Crippen LogP contribution in [0.5, 0.6) is 0 Å². The molecule has 2 rings (SSSR count). The fourth-order valence-corrected chi connectivity index (χ4v) is 4.28. The van der Waals surface area contributed by atoms with Crippen molar-refractivity contribution >= 4 is 27.0 Å². The van der Waals surface area contributed by atoms with Gasteiger partial charge in [0.1, 0.15) is 10.0 Å². The van der Waals surface area contributed by atoms with Gasteiger partial charge in [-0.1, -0.05) is 6.07 Å². The molecule has 0 aliphatic carbocycles. The third-order valence-electron chi connectivity index (χ3n) is 3.04. The number of hydrogen-bond donors (Lipinski definition) is 2. The molecule has 0 bridgehead atoms. The average molecular weight is 328 g/mol. The predicted octanol–water partition coefficient (Wildman–Crippen LogP) is 2.76. The molecule has 2 aromatic rings. The Bertz CT molecular complexity index is 726. The van der Waals surface area contributed by atoms with Gasteiger partial charge >= 0.3 is 0 Å². The van der Waals surface area contributed by atoms with E-state index in [0.29, 0.717) is 0 Å². The summed E-state index contributed by atoms with van der Waals surface area (Å²) < 4.78 is 40.8. The van der Waals surface area contributed by atoms with Crippen molar-refractivity contribution in [2.45, 2.75) is 17.6 Å². The van der Waals surface area contributed by atoms with E-state index in [9.17, 15) is 12.8 Å². The van der Waals surface area contributed by atoms with E-state index in [-0.39, 0.29) is 15.5 Å². The SMILES string of the molecule is CNCCc1ccc(S(=O)(=O)Nc2cccc(F)c2C)s1. The maximum Gasteiger partial charge on any atom is 0.271 e. The number of nitrogens with one attached hydrogen (secondary N) is 2. The van der Waals surface area contributed by atoms with Gasteiger partial charge in [-0.25, -0.2) is 12.8 Å². The molecular weight excluding hydrogens is 311 g/mol. The van der Waals surface area contributed by atoms with Crippen LogP contribution in [0.15, 0.2) is 34.5 Å².